The predicted molar refractivity (Wildman–Crippen MR) is 95.4 cm³/mol. The first kappa shape index (κ1) is 22.4. The van der Waals surface area contributed by atoms with Gasteiger partial charge >= 0.3 is 6.18 Å². The van der Waals surface area contributed by atoms with Crippen LogP contribution in [0.1, 0.15) is 42.2 Å². The van der Waals surface area contributed by atoms with Crippen molar-refractivity contribution >= 4 is 29.2 Å². The van der Waals surface area contributed by atoms with Crippen LogP contribution in [0.4, 0.5) is 17.6 Å². The third kappa shape index (κ3) is 5.96. The molecule has 1 amide bonds. The molecule has 0 aliphatic rings. The highest BCUT2D eigenvalue weighted by Crippen LogP contribution is 2.43. The minimum Gasteiger partial charge on any atom is -0.364 e. The summed E-state index contributed by atoms with van der Waals surface area (Å²) < 4.78 is 55.1. The molecule has 10 heteroatoms. The van der Waals surface area contributed by atoms with E-state index in [1.807, 2.05) is 13.8 Å². The van der Waals surface area contributed by atoms with Crippen molar-refractivity contribution in [3.63, 3.8) is 0 Å². The zero-order valence-corrected chi connectivity index (χ0v) is 16.0. The zero-order valence-electron chi connectivity index (χ0n) is 14.4. The van der Waals surface area contributed by atoms with Gasteiger partial charge < -0.3 is 5.73 Å². The number of nitrogens with two attached hydrogens (primary N) is 1. The highest BCUT2D eigenvalue weighted by Gasteiger charge is 2.45. The zero-order chi connectivity index (χ0) is 19.9. The molecule has 1 aromatic carbocycles. The molecule has 2 rings (SSSR count). The van der Waals surface area contributed by atoms with E-state index in [0.717, 1.165) is 51.9 Å². The number of amides is 1. The maximum absolute atomic E-state index is 13.5. The number of halogens is 4. The van der Waals surface area contributed by atoms with Crippen LogP contribution in [-0.4, -0.2) is 27.9 Å². The van der Waals surface area contributed by atoms with Crippen molar-refractivity contribution in [1.82, 2.24) is 9.29 Å². The highest BCUT2D eigenvalue weighted by atomic mass is 32.2. The molecule has 4 nitrogen and oxygen atoms in total. The number of hydrogen-bond acceptors (Lipinski definition) is 5. The van der Waals surface area contributed by atoms with Gasteiger partial charge in [0.05, 0.1) is 10.4 Å². The number of nitrogens with zero attached hydrogens (tertiary/aromatic N) is 2. The van der Waals surface area contributed by atoms with Crippen LogP contribution in [0, 0.1) is 5.82 Å². The van der Waals surface area contributed by atoms with Crippen LogP contribution >= 0.6 is 23.3 Å². The fourth-order valence-electron chi connectivity index (χ4n) is 1.99. The molecule has 1 unspecified atom stereocenters. The summed E-state index contributed by atoms with van der Waals surface area (Å²) in [6.07, 6.45) is -3.26. The number of thiazole rings is 1. The number of hydrogen-bond donors (Lipinski definition) is 1. The van der Waals surface area contributed by atoms with Gasteiger partial charge in [0.1, 0.15) is 11.9 Å². The minimum atomic E-state index is -4.56. The third-order valence-electron chi connectivity index (χ3n) is 3.00. The van der Waals surface area contributed by atoms with Crippen LogP contribution in [0.15, 0.2) is 34.7 Å². The molecule has 0 bridgehead atoms. The van der Waals surface area contributed by atoms with Gasteiger partial charge in [-0.2, -0.15) is 13.2 Å². The van der Waals surface area contributed by atoms with E-state index in [1.165, 1.54) is 6.20 Å². The molecule has 2 N–H and O–H groups in total. The maximum Gasteiger partial charge on any atom is 0.408 e. The summed E-state index contributed by atoms with van der Waals surface area (Å²) in [4.78, 5) is 14.8. The number of carbonyl (C=O) groups excluding carboxylic acids is 1. The summed E-state index contributed by atoms with van der Waals surface area (Å²) in [5.74, 6) is -1.34. The lowest BCUT2D eigenvalue weighted by molar-refractivity contribution is -0.172. The Morgan fingerprint density at radius 3 is 2.31 bits per heavy atom. The van der Waals surface area contributed by atoms with Gasteiger partial charge in [0, 0.05) is 6.54 Å². The van der Waals surface area contributed by atoms with E-state index in [0.29, 0.717) is 4.21 Å². The highest BCUT2D eigenvalue weighted by molar-refractivity contribution is 7.99. The van der Waals surface area contributed by atoms with E-state index in [-0.39, 0.29) is 17.1 Å². The molecule has 0 aliphatic heterocycles. The Kier molecular flexibility index (Phi) is 8.51. The first-order chi connectivity index (χ1) is 12.2. The van der Waals surface area contributed by atoms with Gasteiger partial charge in [-0.1, -0.05) is 32.9 Å². The lowest BCUT2D eigenvalue weighted by atomic mass is 10.1. The quantitative estimate of drug-likeness (QED) is 0.536. The number of aromatic nitrogens is 1. The van der Waals surface area contributed by atoms with Crippen molar-refractivity contribution in [1.29, 1.82) is 0 Å². The number of alkyl halides is 3. The minimum absolute atomic E-state index is 0.0268. The molecule has 1 aromatic heterocycles. The molecule has 2 aromatic rings. The van der Waals surface area contributed by atoms with E-state index in [9.17, 15) is 22.4 Å². The van der Waals surface area contributed by atoms with Crippen LogP contribution in [-0.2, 0) is 0 Å². The molecule has 0 saturated carbocycles. The van der Waals surface area contributed by atoms with Gasteiger partial charge in [-0.25, -0.2) is 13.7 Å². The first-order valence-corrected chi connectivity index (χ1v) is 9.33. The second-order valence-electron chi connectivity index (χ2n) is 4.67. The Morgan fingerprint density at radius 2 is 1.88 bits per heavy atom. The fourth-order valence-corrected chi connectivity index (χ4v) is 3.98. The van der Waals surface area contributed by atoms with Crippen LogP contribution in [0.5, 0.6) is 0 Å². The topological polar surface area (TPSA) is 59.2 Å². The smallest absolute Gasteiger partial charge is 0.364 e. The number of benzene rings is 1. The molecule has 0 fully saturated rings. The summed E-state index contributed by atoms with van der Waals surface area (Å²) >= 11 is 1.75. The Labute approximate surface area is 157 Å². The van der Waals surface area contributed by atoms with Crippen molar-refractivity contribution in [2.24, 2.45) is 5.73 Å². The fraction of sp³-hybridized carbons (Fsp3) is 0.375. The van der Waals surface area contributed by atoms with E-state index in [1.54, 1.807) is 6.92 Å². The molecule has 1 heterocycles. The third-order valence-corrected chi connectivity index (χ3v) is 5.27. The SMILES string of the molecule is CC.CCN(Sc1cnc(C(N)=O)s1)C(c1ccc(F)cc1)C(F)(F)F. The number of carbonyl (C=O) groups is 1. The monoisotopic (exact) mass is 409 g/mol. The average molecular weight is 409 g/mol. The van der Waals surface area contributed by atoms with Crippen molar-refractivity contribution in [3.8, 4) is 0 Å². The average Bonchev–Trinajstić information content (AvgIpc) is 3.05. The summed E-state index contributed by atoms with van der Waals surface area (Å²) in [5, 5.41) is 0.0268. The predicted octanol–water partition coefficient (Wildman–Crippen LogP) is 5.04. The van der Waals surface area contributed by atoms with Crippen LogP contribution < -0.4 is 5.73 Å². The van der Waals surface area contributed by atoms with Gasteiger partial charge in [0.15, 0.2) is 5.01 Å². The second-order valence-corrected chi connectivity index (χ2v) is 7.05. The first-order valence-electron chi connectivity index (χ1n) is 7.74. The molecule has 26 heavy (non-hydrogen) atoms. The van der Waals surface area contributed by atoms with E-state index in [2.05, 4.69) is 4.98 Å². The summed E-state index contributed by atoms with van der Waals surface area (Å²) in [5.41, 5.74) is 5.02. The van der Waals surface area contributed by atoms with Crippen molar-refractivity contribution in [2.75, 3.05) is 6.54 Å². The Balaban J connectivity index is 0.00000163. The van der Waals surface area contributed by atoms with Crippen LogP contribution in [0.2, 0.25) is 0 Å². The summed E-state index contributed by atoms with van der Waals surface area (Å²) in [6.45, 7) is 5.64. The lowest BCUT2D eigenvalue weighted by Gasteiger charge is -2.31. The molecule has 0 spiro atoms. The normalized spacial score (nSPS) is 12.5. The molecule has 1 atom stereocenters. The number of primary amides is 1. The molecule has 0 radical (unpaired) electrons. The summed E-state index contributed by atoms with van der Waals surface area (Å²) in [6, 6.07) is 2.28. The van der Waals surface area contributed by atoms with Crippen molar-refractivity contribution in [2.45, 2.75) is 37.2 Å². The molecule has 144 valence electrons. The van der Waals surface area contributed by atoms with Gasteiger partial charge in [0.2, 0.25) is 0 Å². The lowest BCUT2D eigenvalue weighted by Crippen LogP contribution is -2.34. The molecule has 0 aliphatic carbocycles. The van der Waals surface area contributed by atoms with Gasteiger partial charge in [0.25, 0.3) is 5.91 Å². The largest absolute Gasteiger partial charge is 0.408 e. The van der Waals surface area contributed by atoms with Crippen molar-refractivity contribution in [3.05, 3.63) is 46.9 Å². The molecular formula is C16H19F4N3OS2. The van der Waals surface area contributed by atoms with E-state index in [4.69, 9.17) is 5.73 Å². The van der Waals surface area contributed by atoms with Gasteiger partial charge in [-0.3, -0.25) is 4.79 Å². The Morgan fingerprint density at radius 1 is 1.31 bits per heavy atom. The van der Waals surface area contributed by atoms with Crippen LogP contribution in [0.3, 0.4) is 0 Å². The van der Waals surface area contributed by atoms with Gasteiger partial charge in [-0.15, -0.1) is 11.3 Å². The maximum atomic E-state index is 13.5. The Hall–Kier alpha value is -1.65. The standard InChI is InChI=1S/C14H13F4N3OS2.C2H6/c1-2-21(24-10-7-20-13(23-10)12(19)22)11(14(16,17)18)8-3-5-9(15)6-4-8;1-2/h3-7,11H,2H2,1H3,(H2,19,22);1-2H3. The molecular weight excluding hydrogens is 390 g/mol. The van der Waals surface area contributed by atoms with E-state index >= 15 is 0 Å². The molecule has 0 saturated heterocycles. The van der Waals surface area contributed by atoms with E-state index < -0.39 is 23.9 Å². The summed E-state index contributed by atoms with van der Waals surface area (Å²) in [7, 11) is 0. The van der Waals surface area contributed by atoms with Gasteiger partial charge in [-0.05, 0) is 29.6 Å². The Bertz CT molecular complexity index is 704. The second kappa shape index (κ2) is 9.89. The number of rotatable bonds is 6. The van der Waals surface area contributed by atoms with Crippen molar-refractivity contribution < 1.29 is 22.4 Å². The van der Waals surface area contributed by atoms with Crippen LogP contribution in [0.25, 0.3) is 0 Å².